The molecule has 0 aromatic heterocycles. The number of nitro benzene ring substituents is 1. The minimum atomic E-state index is -3.97. The number of anilines is 1. The van der Waals surface area contributed by atoms with E-state index in [9.17, 15) is 18.5 Å². The van der Waals surface area contributed by atoms with Crippen LogP contribution in [-0.4, -0.2) is 32.1 Å². The summed E-state index contributed by atoms with van der Waals surface area (Å²) in [5.74, 6) is 0.611. The van der Waals surface area contributed by atoms with Crippen molar-refractivity contribution in [3.05, 3.63) is 28.3 Å². The van der Waals surface area contributed by atoms with E-state index in [1.807, 2.05) is 0 Å². The Balaban J connectivity index is 1.80. The highest BCUT2D eigenvalue weighted by Crippen LogP contribution is 2.39. The monoisotopic (exact) mass is 341 g/mol. The minimum Gasteiger partial charge on any atom is -0.378 e. The van der Waals surface area contributed by atoms with E-state index >= 15 is 0 Å². The molecule has 23 heavy (non-hydrogen) atoms. The molecular weight excluding hydrogens is 322 g/mol. The SMILES string of the molecule is NS(=O)(=O)c1ccc(NC2CCOC(C3CC3)C2)c([N+](=O)[O-])c1. The van der Waals surface area contributed by atoms with Crippen LogP contribution in [0.4, 0.5) is 11.4 Å². The van der Waals surface area contributed by atoms with Gasteiger partial charge < -0.3 is 10.1 Å². The summed E-state index contributed by atoms with van der Waals surface area (Å²) in [4.78, 5) is 10.4. The van der Waals surface area contributed by atoms with E-state index in [-0.39, 0.29) is 22.7 Å². The first-order chi connectivity index (χ1) is 10.8. The lowest BCUT2D eigenvalue weighted by atomic mass is 9.99. The maximum atomic E-state index is 11.4. The molecule has 126 valence electrons. The zero-order valence-electron chi connectivity index (χ0n) is 12.5. The van der Waals surface area contributed by atoms with Crippen molar-refractivity contribution in [2.24, 2.45) is 11.1 Å². The Bertz CT molecular complexity index is 717. The lowest BCUT2D eigenvalue weighted by Crippen LogP contribution is -2.35. The van der Waals surface area contributed by atoms with Crippen molar-refractivity contribution in [1.82, 2.24) is 0 Å². The van der Waals surface area contributed by atoms with Crippen LogP contribution in [0.5, 0.6) is 0 Å². The second kappa shape index (κ2) is 6.06. The standard InChI is InChI=1S/C14H19N3O5S/c15-23(20,21)11-3-4-12(13(8-11)17(18)19)16-10-5-6-22-14(7-10)9-1-2-9/h3-4,8-10,14,16H,1-2,5-7H2,(H2,15,20,21). The van der Waals surface area contributed by atoms with Crippen molar-refractivity contribution in [2.45, 2.75) is 42.7 Å². The van der Waals surface area contributed by atoms with Crippen LogP contribution in [0, 0.1) is 16.0 Å². The highest BCUT2D eigenvalue weighted by molar-refractivity contribution is 7.89. The van der Waals surface area contributed by atoms with Crippen LogP contribution >= 0.6 is 0 Å². The smallest absolute Gasteiger partial charge is 0.293 e. The number of hydrogen-bond donors (Lipinski definition) is 2. The van der Waals surface area contributed by atoms with E-state index in [4.69, 9.17) is 9.88 Å². The van der Waals surface area contributed by atoms with E-state index in [1.54, 1.807) is 0 Å². The fourth-order valence-electron chi connectivity index (χ4n) is 2.94. The molecule has 2 aliphatic rings. The Kier molecular flexibility index (Phi) is 4.26. The number of nitro groups is 1. The molecule has 1 aromatic rings. The van der Waals surface area contributed by atoms with Gasteiger partial charge in [-0.3, -0.25) is 10.1 Å². The van der Waals surface area contributed by atoms with E-state index < -0.39 is 14.9 Å². The van der Waals surface area contributed by atoms with Crippen LogP contribution in [0.2, 0.25) is 0 Å². The highest BCUT2D eigenvalue weighted by Gasteiger charge is 2.36. The topological polar surface area (TPSA) is 125 Å². The summed E-state index contributed by atoms with van der Waals surface area (Å²) in [7, 11) is -3.97. The van der Waals surface area contributed by atoms with Crippen LogP contribution in [-0.2, 0) is 14.8 Å². The zero-order valence-corrected chi connectivity index (χ0v) is 13.3. The number of nitrogens with one attached hydrogen (secondary N) is 1. The Morgan fingerprint density at radius 1 is 1.30 bits per heavy atom. The zero-order chi connectivity index (χ0) is 16.6. The summed E-state index contributed by atoms with van der Waals surface area (Å²) in [6.07, 6.45) is 4.14. The molecule has 2 fully saturated rings. The molecule has 1 aromatic carbocycles. The van der Waals surface area contributed by atoms with Gasteiger partial charge in [0.1, 0.15) is 5.69 Å². The van der Waals surface area contributed by atoms with Gasteiger partial charge in [0.05, 0.1) is 15.9 Å². The number of benzene rings is 1. The van der Waals surface area contributed by atoms with Gasteiger partial charge >= 0.3 is 0 Å². The second-order valence-electron chi connectivity index (χ2n) is 6.09. The molecule has 0 amide bonds. The molecule has 2 atom stereocenters. The Morgan fingerprint density at radius 3 is 2.65 bits per heavy atom. The predicted octanol–water partition coefficient (Wildman–Crippen LogP) is 1.61. The number of nitrogens with zero attached hydrogens (tertiary/aromatic N) is 1. The van der Waals surface area contributed by atoms with Gasteiger partial charge in [0.15, 0.2) is 0 Å². The minimum absolute atomic E-state index is 0.0772. The number of sulfonamides is 1. The second-order valence-corrected chi connectivity index (χ2v) is 7.65. The lowest BCUT2D eigenvalue weighted by molar-refractivity contribution is -0.384. The molecule has 3 N–H and O–H groups in total. The maximum Gasteiger partial charge on any atom is 0.293 e. The molecule has 0 bridgehead atoms. The van der Waals surface area contributed by atoms with Gasteiger partial charge in [0.25, 0.3) is 5.69 Å². The molecule has 1 aliphatic heterocycles. The molecule has 8 nitrogen and oxygen atoms in total. The predicted molar refractivity (Wildman–Crippen MR) is 83.6 cm³/mol. The maximum absolute atomic E-state index is 11.4. The number of primary sulfonamides is 1. The third kappa shape index (κ3) is 3.80. The van der Waals surface area contributed by atoms with E-state index in [1.165, 1.54) is 25.0 Å². The van der Waals surface area contributed by atoms with Crippen molar-refractivity contribution >= 4 is 21.4 Å². The molecule has 1 saturated carbocycles. The molecule has 0 radical (unpaired) electrons. The molecular formula is C14H19N3O5S. The third-order valence-corrected chi connectivity index (χ3v) is 5.23. The van der Waals surface area contributed by atoms with Gasteiger partial charge in [-0.15, -0.1) is 0 Å². The van der Waals surface area contributed by atoms with Gasteiger partial charge in [-0.2, -0.15) is 0 Å². The molecule has 0 spiro atoms. The van der Waals surface area contributed by atoms with Gasteiger partial charge in [0.2, 0.25) is 10.0 Å². The van der Waals surface area contributed by atoms with Crippen LogP contribution in [0.3, 0.4) is 0 Å². The average Bonchev–Trinajstić information content (AvgIpc) is 3.31. The molecule has 9 heteroatoms. The quantitative estimate of drug-likeness (QED) is 0.619. The Morgan fingerprint density at radius 2 is 2.04 bits per heavy atom. The van der Waals surface area contributed by atoms with Gasteiger partial charge in [-0.05, 0) is 43.7 Å². The molecule has 1 aliphatic carbocycles. The highest BCUT2D eigenvalue weighted by atomic mass is 32.2. The Labute approximate surface area is 134 Å². The molecule has 1 heterocycles. The van der Waals surface area contributed by atoms with Crippen LogP contribution in [0.25, 0.3) is 0 Å². The Hall–Kier alpha value is -1.71. The summed E-state index contributed by atoms with van der Waals surface area (Å²) in [5, 5.41) is 19.4. The summed E-state index contributed by atoms with van der Waals surface area (Å²) in [6, 6.07) is 3.75. The molecule has 3 rings (SSSR count). The van der Waals surface area contributed by atoms with Gasteiger partial charge in [-0.25, -0.2) is 13.6 Å². The first-order valence-corrected chi connectivity index (χ1v) is 9.08. The van der Waals surface area contributed by atoms with Gasteiger partial charge in [0, 0.05) is 18.7 Å². The fraction of sp³-hybridized carbons (Fsp3) is 0.571. The molecule has 2 unspecified atom stereocenters. The van der Waals surface area contributed by atoms with Gasteiger partial charge in [-0.1, -0.05) is 0 Å². The van der Waals surface area contributed by atoms with Crippen LogP contribution in [0.15, 0.2) is 23.1 Å². The van der Waals surface area contributed by atoms with Crippen molar-refractivity contribution in [2.75, 3.05) is 11.9 Å². The van der Waals surface area contributed by atoms with Crippen molar-refractivity contribution in [1.29, 1.82) is 0 Å². The van der Waals surface area contributed by atoms with Crippen LogP contribution < -0.4 is 10.5 Å². The summed E-state index contributed by atoms with van der Waals surface area (Å²) >= 11 is 0. The molecule has 1 saturated heterocycles. The fourth-order valence-corrected chi connectivity index (χ4v) is 3.47. The lowest BCUT2D eigenvalue weighted by Gasteiger charge is -2.30. The third-order valence-electron chi connectivity index (χ3n) is 4.32. The van der Waals surface area contributed by atoms with Crippen molar-refractivity contribution in [3.63, 3.8) is 0 Å². The van der Waals surface area contributed by atoms with E-state index in [2.05, 4.69) is 5.32 Å². The first-order valence-electron chi connectivity index (χ1n) is 7.54. The average molecular weight is 341 g/mol. The normalized spacial score (nSPS) is 25.1. The van der Waals surface area contributed by atoms with Crippen molar-refractivity contribution < 1.29 is 18.1 Å². The summed E-state index contributed by atoms with van der Waals surface area (Å²) in [5.41, 5.74) is 0.0230. The first kappa shape index (κ1) is 16.2. The number of ether oxygens (including phenoxy) is 1. The number of hydrogen-bond acceptors (Lipinski definition) is 6. The van der Waals surface area contributed by atoms with Crippen molar-refractivity contribution in [3.8, 4) is 0 Å². The van der Waals surface area contributed by atoms with E-state index in [0.29, 0.717) is 18.2 Å². The largest absolute Gasteiger partial charge is 0.378 e. The van der Waals surface area contributed by atoms with Crippen LogP contribution in [0.1, 0.15) is 25.7 Å². The summed E-state index contributed by atoms with van der Waals surface area (Å²) < 4.78 is 28.4. The summed E-state index contributed by atoms with van der Waals surface area (Å²) in [6.45, 7) is 0.627. The number of nitrogens with two attached hydrogens (primary N) is 1. The number of rotatable bonds is 5. The van der Waals surface area contributed by atoms with E-state index in [0.717, 1.165) is 18.9 Å².